The molecule has 0 aliphatic heterocycles. The number of hydrogen-bond acceptors (Lipinski definition) is 4. The molecule has 2 atom stereocenters. The van der Waals surface area contributed by atoms with Crippen LogP contribution in [0.15, 0.2) is 48.5 Å². The zero-order valence-electron chi connectivity index (χ0n) is 20.4. The highest BCUT2D eigenvalue weighted by molar-refractivity contribution is 5.79. The summed E-state index contributed by atoms with van der Waals surface area (Å²) < 4.78 is 5.57. The van der Waals surface area contributed by atoms with Crippen molar-refractivity contribution < 1.29 is 24.2 Å². The lowest BCUT2D eigenvalue weighted by atomic mass is 9.91. The second-order valence-electron chi connectivity index (χ2n) is 10.2. The lowest BCUT2D eigenvalue weighted by Gasteiger charge is -2.29. The Labute approximate surface area is 206 Å². The summed E-state index contributed by atoms with van der Waals surface area (Å²) in [5, 5.41) is 14.9. The molecule has 2 unspecified atom stereocenters. The van der Waals surface area contributed by atoms with E-state index in [0.717, 1.165) is 12.8 Å². The number of carboxylic acid groups (broad SMARTS) is 1. The van der Waals surface area contributed by atoms with E-state index in [4.69, 9.17) is 4.74 Å². The minimum atomic E-state index is -0.902. The van der Waals surface area contributed by atoms with Crippen LogP contribution in [0.3, 0.4) is 0 Å². The first-order chi connectivity index (χ1) is 16.8. The average Bonchev–Trinajstić information content (AvgIpc) is 3.64. The van der Waals surface area contributed by atoms with Crippen LogP contribution < -0.4 is 10.6 Å². The van der Waals surface area contributed by atoms with Crippen molar-refractivity contribution in [2.75, 3.05) is 13.2 Å². The zero-order chi connectivity index (χ0) is 25.0. The predicted molar refractivity (Wildman–Crippen MR) is 133 cm³/mol. The van der Waals surface area contributed by atoms with Crippen molar-refractivity contribution in [1.29, 1.82) is 0 Å². The highest BCUT2D eigenvalue weighted by Crippen LogP contribution is 2.44. The number of ether oxygens (including phenoxy) is 1. The number of carbonyl (C=O) groups excluding carboxylic acids is 2. The lowest BCUT2D eigenvalue weighted by Crippen LogP contribution is -2.49. The molecular weight excluding hydrogens is 444 g/mol. The number of rotatable bonds is 11. The summed E-state index contributed by atoms with van der Waals surface area (Å²) in [6.45, 7) is 4.45. The molecule has 2 aliphatic rings. The van der Waals surface area contributed by atoms with Gasteiger partial charge in [0.25, 0.3) is 0 Å². The monoisotopic (exact) mass is 478 g/mol. The van der Waals surface area contributed by atoms with E-state index in [2.05, 4.69) is 34.9 Å². The fourth-order valence-corrected chi connectivity index (χ4v) is 5.09. The molecule has 4 rings (SSSR count). The van der Waals surface area contributed by atoms with Gasteiger partial charge in [0.1, 0.15) is 6.61 Å². The number of carboxylic acids is 1. The largest absolute Gasteiger partial charge is 0.481 e. The molecule has 186 valence electrons. The van der Waals surface area contributed by atoms with Gasteiger partial charge in [-0.2, -0.15) is 0 Å². The van der Waals surface area contributed by atoms with E-state index in [1.54, 1.807) is 0 Å². The fourth-order valence-electron chi connectivity index (χ4n) is 5.09. The third-order valence-corrected chi connectivity index (χ3v) is 7.22. The van der Waals surface area contributed by atoms with E-state index >= 15 is 0 Å². The maximum absolute atomic E-state index is 12.4. The van der Waals surface area contributed by atoms with Gasteiger partial charge in [-0.15, -0.1) is 0 Å². The van der Waals surface area contributed by atoms with Crippen LogP contribution >= 0.6 is 0 Å². The van der Waals surface area contributed by atoms with E-state index < -0.39 is 17.6 Å². The first-order valence-corrected chi connectivity index (χ1v) is 12.4. The van der Waals surface area contributed by atoms with Gasteiger partial charge in [0.15, 0.2) is 0 Å². The summed E-state index contributed by atoms with van der Waals surface area (Å²) in [5.74, 6) is -0.724. The number of fused-ring (bicyclic) bond motifs is 3. The number of aliphatic carboxylic acids is 1. The number of benzene rings is 2. The molecule has 0 bridgehead atoms. The van der Waals surface area contributed by atoms with Crippen molar-refractivity contribution in [3.05, 3.63) is 59.7 Å². The summed E-state index contributed by atoms with van der Waals surface area (Å²) in [4.78, 5) is 36.0. The SMILES string of the molecule is CC(CCC(=O)NC(C)(CC(=O)O)C1CC1)CNC(=O)OCC1c2ccccc2-c2ccccc21. The normalized spacial score (nSPS) is 17.0. The topological polar surface area (TPSA) is 105 Å². The molecule has 35 heavy (non-hydrogen) atoms. The fraction of sp³-hybridized carbons (Fsp3) is 0.464. The van der Waals surface area contributed by atoms with Crippen molar-refractivity contribution in [3.8, 4) is 11.1 Å². The van der Waals surface area contributed by atoms with Crippen LogP contribution in [-0.4, -0.2) is 41.8 Å². The molecule has 0 radical (unpaired) electrons. The van der Waals surface area contributed by atoms with Crippen molar-refractivity contribution in [3.63, 3.8) is 0 Å². The highest BCUT2D eigenvalue weighted by Gasteiger charge is 2.43. The second-order valence-corrected chi connectivity index (χ2v) is 10.2. The molecule has 1 fully saturated rings. The average molecular weight is 479 g/mol. The molecule has 2 aromatic rings. The quantitative estimate of drug-likeness (QED) is 0.434. The molecule has 7 heteroatoms. The molecule has 0 spiro atoms. The second kappa shape index (κ2) is 10.5. The summed E-state index contributed by atoms with van der Waals surface area (Å²) in [6, 6.07) is 16.4. The minimum Gasteiger partial charge on any atom is -0.481 e. The summed E-state index contributed by atoms with van der Waals surface area (Å²) in [5.41, 5.74) is 4.02. The van der Waals surface area contributed by atoms with E-state index in [-0.39, 0.29) is 43.1 Å². The number of amides is 2. The van der Waals surface area contributed by atoms with Gasteiger partial charge in [0.2, 0.25) is 5.91 Å². The van der Waals surface area contributed by atoms with E-state index in [1.807, 2.05) is 38.1 Å². The highest BCUT2D eigenvalue weighted by atomic mass is 16.5. The molecule has 2 aliphatic carbocycles. The van der Waals surface area contributed by atoms with Gasteiger partial charge in [-0.25, -0.2) is 4.79 Å². The molecule has 7 nitrogen and oxygen atoms in total. The van der Waals surface area contributed by atoms with E-state index in [9.17, 15) is 19.5 Å². The van der Waals surface area contributed by atoms with Crippen molar-refractivity contribution in [2.45, 2.75) is 57.4 Å². The number of nitrogens with one attached hydrogen (secondary N) is 2. The Bertz CT molecular complexity index is 1050. The van der Waals surface area contributed by atoms with Crippen LogP contribution in [0, 0.1) is 11.8 Å². The van der Waals surface area contributed by atoms with Crippen molar-refractivity contribution >= 4 is 18.0 Å². The third kappa shape index (κ3) is 6.02. The Morgan fingerprint density at radius 3 is 2.23 bits per heavy atom. The molecule has 2 aromatic carbocycles. The Morgan fingerprint density at radius 2 is 1.66 bits per heavy atom. The van der Waals surface area contributed by atoms with Gasteiger partial charge in [-0.1, -0.05) is 55.5 Å². The molecule has 0 heterocycles. The lowest BCUT2D eigenvalue weighted by molar-refractivity contribution is -0.139. The molecule has 1 saturated carbocycles. The van der Waals surface area contributed by atoms with Gasteiger partial charge in [-0.3, -0.25) is 9.59 Å². The van der Waals surface area contributed by atoms with Crippen LogP contribution in [-0.2, 0) is 14.3 Å². The van der Waals surface area contributed by atoms with Gasteiger partial charge in [-0.05, 0) is 60.3 Å². The van der Waals surface area contributed by atoms with Gasteiger partial charge in [0, 0.05) is 18.9 Å². The molecule has 3 N–H and O–H groups in total. The van der Waals surface area contributed by atoms with Gasteiger partial charge in [0.05, 0.1) is 12.0 Å². The van der Waals surface area contributed by atoms with Gasteiger partial charge >= 0.3 is 12.1 Å². The summed E-state index contributed by atoms with van der Waals surface area (Å²) in [6.07, 6.45) is 2.24. The van der Waals surface area contributed by atoms with E-state index in [1.165, 1.54) is 22.3 Å². The van der Waals surface area contributed by atoms with Crippen LogP contribution in [0.1, 0.15) is 63.0 Å². The maximum Gasteiger partial charge on any atom is 0.407 e. The number of alkyl carbamates (subject to hydrolysis) is 1. The van der Waals surface area contributed by atoms with Crippen LogP contribution in [0.25, 0.3) is 11.1 Å². The standard InChI is InChI=1S/C28H34N2O5/c1-18(11-14-25(31)30-28(2,15-26(32)33)19-12-13-19)16-29-27(34)35-17-24-22-9-5-3-7-20(22)21-8-4-6-10-23(21)24/h3-10,18-19,24H,11-17H2,1-2H3,(H,29,34)(H,30,31)(H,32,33). The van der Waals surface area contributed by atoms with Crippen LogP contribution in [0.2, 0.25) is 0 Å². The molecule has 0 aromatic heterocycles. The zero-order valence-corrected chi connectivity index (χ0v) is 20.4. The third-order valence-electron chi connectivity index (χ3n) is 7.22. The molecule has 0 saturated heterocycles. The first-order valence-electron chi connectivity index (χ1n) is 12.4. The Balaban J connectivity index is 1.20. The van der Waals surface area contributed by atoms with Crippen molar-refractivity contribution in [1.82, 2.24) is 10.6 Å². The Morgan fingerprint density at radius 1 is 1.06 bits per heavy atom. The Kier molecular flexibility index (Phi) is 7.43. The summed E-state index contributed by atoms with van der Waals surface area (Å²) >= 11 is 0. The number of hydrogen-bond donors (Lipinski definition) is 3. The Hall–Kier alpha value is -3.35. The summed E-state index contributed by atoms with van der Waals surface area (Å²) in [7, 11) is 0. The van der Waals surface area contributed by atoms with E-state index in [0.29, 0.717) is 13.0 Å². The number of carbonyl (C=O) groups is 3. The van der Waals surface area contributed by atoms with Crippen LogP contribution in [0.5, 0.6) is 0 Å². The predicted octanol–water partition coefficient (Wildman–Crippen LogP) is 4.70. The first kappa shape index (κ1) is 24.8. The smallest absolute Gasteiger partial charge is 0.407 e. The minimum absolute atomic E-state index is 0.0147. The molecular formula is C28H34N2O5. The maximum atomic E-state index is 12.4. The molecule has 2 amide bonds. The van der Waals surface area contributed by atoms with Crippen molar-refractivity contribution in [2.24, 2.45) is 11.8 Å². The van der Waals surface area contributed by atoms with Crippen LogP contribution in [0.4, 0.5) is 4.79 Å². The van der Waals surface area contributed by atoms with Gasteiger partial charge < -0.3 is 20.5 Å².